The molecule has 0 unspecified atom stereocenters. The van der Waals surface area contributed by atoms with Crippen molar-refractivity contribution in [3.63, 3.8) is 0 Å². The highest BCUT2D eigenvalue weighted by atomic mass is 16.1. The van der Waals surface area contributed by atoms with Crippen LogP contribution in [0.5, 0.6) is 0 Å². The molecule has 22 heavy (non-hydrogen) atoms. The van der Waals surface area contributed by atoms with Crippen LogP contribution in [-0.2, 0) is 4.79 Å². The van der Waals surface area contributed by atoms with Crippen molar-refractivity contribution in [3.05, 3.63) is 36.7 Å². The molecule has 3 N–H and O–H groups in total. The Bertz CT molecular complexity index is 625. The summed E-state index contributed by atoms with van der Waals surface area (Å²) in [6.45, 7) is 6.63. The fourth-order valence-electron chi connectivity index (χ4n) is 1.82. The Labute approximate surface area is 130 Å². The lowest BCUT2D eigenvalue weighted by molar-refractivity contribution is -0.114. The summed E-state index contributed by atoms with van der Waals surface area (Å²) in [4.78, 5) is 19.4. The number of aromatic nitrogens is 2. The van der Waals surface area contributed by atoms with E-state index >= 15 is 0 Å². The van der Waals surface area contributed by atoms with Crippen LogP contribution in [0, 0.1) is 5.92 Å². The Morgan fingerprint density at radius 1 is 1.09 bits per heavy atom. The molecule has 0 radical (unpaired) electrons. The van der Waals surface area contributed by atoms with Crippen LogP contribution in [0.25, 0.3) is 0 Å². The molecular formula is C16H21N5O. The van der Waals surface area contributed by atoms with E-state index in [1.807, 2.05) is 30.3 Å². The number of carbonyl (C=O) groups excluding carboxylic acids is 1. The molecule has 0 saturated carbocycles. The van der Waals surface area contributed by atoms with Crippen molar-refractivity contribution < 1.29 is 4.79 Å². The molecule has 0 aliphatic carbocycles. The van der Waals surface area contributed by atoms with E-state index in [4.69, 9.17) is 0 Å². The smallest absolute Gasteiger partial charge is 0.221 e. The molecule has 0 aliphatic heterocycles. The van der Waals surface area contributed by atoms with Crippen LogP contribution in [0.1, 0.15) is 20.8 Å². The maximum Gasteiger partial charge on any atom is 0.221 e. The number of carbonyl (C=O) groups is 1. The van der Waals surface area contributed by atoms with E-state index in [9.17, 15) is 4.79 Å². The first kappa shape index (κ1) is 15.8. The number of amides is 1. The summed E-state index contributed by atoms with van der Waals surface area (Å²) in [6.07, 6.45) is 1.52. The monoisotopic (exact) mass is 299 g/mol. The van der Waals surface area contributed by atoms with Gasteiger partial charge in [0, 0.05) is 30.9 Å². The van der Waals surface area contributed by atoms with Gasteiger partial charge < -0.3 is 16.0 Å². The van der Waals surface area contributed by atoms with E-state index in [0.29, 0.717) is 11.7 Å². The molecule has 0 bridgehead atoms. The standard InChI is InChI=1S/C16H21N5O/c1-11(2)9-17-15-8-16(19-10-18-15)21-14-6-4-13(5-7-14)20-12(3)22/h4-8,10-11H,9H2,1-3H3,(H,20,22)(H2,17,18,19,21). The lowest BCUT2D eigenvalue weighted by Crippen LogP contribution is -2.09. The van der Waals surface area contributed by atoms with Crippen molar-refractivity contribution >= 4 is 28.9 Å². The van der Waals surface area contributed by atoms with Gasteiger partial charge in [-0.1, -0.05) is 13.8 Å². The molecule has 1 amide bonds. The van der Waals surface area contributed by atoms with Gasteiger partial charge in [-0.15, -0.1) is 0 Å². The molecule has 116 valence electrons. The minimum atomic E-state index is -0.0858. The number of nitrogens with zero attached hydrogens (tertiary/aromatic N) is 2. The second-order valence-electron chi connectivity index (χ2n) is 5.45. The Morgan fingerprint density at radius 3 is 2.36 bits per heavy atom. The van der Waals surface area contributed by atoms with E-state index in [0.717, 1.165) is 23.7 Å². The minimum Gasteiger partial charge on any atom is -0.370 e. The molecule has 1 aromatic heterocycles. The van der Waals surface area contributed by atoms with E-state index < -0.39 is 0 Å². The van der Waals surface area contributed by atoms with Crippen molar-refractivity contribution in [2.24, 2.45) is 5.92 Å². The van der Waals surface area contributed by atoms with Gasteiger partial charge in [-0.3, -0.25) is 4.79 Å². The van der Waals surface area contributed by atoms with Crippen LogP contribution in [0.2, 0.25) is 0 Å². The van der Waals surface area contributed by atoms with Crippen molar-refractivity contribution in [3.8, 4) is 0 Å². The molecule has 0 atom stereocenters. The van der Waals surface area contributed by atoms with Gasteiger partial charge in [-0.2, -0.15) is 0 Å². The first-order valence-corrected chi connectivity index (χ1v) is 7.23. The fourth-order valence-corrected chi connectivity index (χ4v) is 1.82. The fraction of sp³-hybridized carbons (Fsp3) is 0.312. The third kappa shape index (κ3) is 5.05. The summed E-state index contributed by atoms with van der Waals surface area (Å²) >= 11 is 0. The second kappa shape index (κ2) is 7.40. The predicted molar refractivity (Wildman–Crippen MR) is 89.4 cm³/mol. The van der Waals surface area contributed by atoms with Crippen molar-refractivity contribution in [1.82, 2.24) is 9.97 Å². The number of rotatable bonds is 6. The lowest BCUT2D eigenvalue weighted by Gasteiger charge is -2.10. The third-order valence-corrected chi connectivity index (χ3v) is 2.84. The highest BCUT2D eigenvalue weighted by Crippen LogP contribution is 2.18. The van der Waals surface area contributed by atoms with Gasteiger partial charge in [0.15, 0.2) is 0 Å². The average Bonchev–Trinajstić information content (AvgIpc) is 2.47. The zero-order valence-electron chi connectivity index (χ0n) is 13.1. The van der Waals surface area contributed by atoms with E-state index in [1.165, 1.54) is 13.3 Å². The summed E-state index contributed by atoms with van der Waals surface area (Å²) < 4.78 is 0. The Balaban J connectivity index is 2.00. The van der Waals surface area contributed by atoms with E-state index in [1.54, 1.807) is 0 Å². The molecule has 0 spiro atoms. The topological polar surface area (TPSA) is 78.9 Å². The molecule has 0 aliphatic rings. The highest BCUT2D eigenvalue weighted by molar-refractivity contribution is 5.88. The maximum atomic E-state index is 11.0. The van der Waals surface area contributed by atoms with Gasteiger partial charge in [-0.25, -0.2) is 9.97 Å². The largest absolute Gasteiger partial charge is 0.370 e. The SMILES string of the molecule is CC(=O)Nc1ccc(Nc2cc(NCC(C)C)ncn2)cc1. The zero-order chi connectivity index (χ0) is 15.9. The summed E-state index contributed by atoms with van der Waals surface area (Å²) in [5.41, 5.74) is 1.66. The van der Waals surface area contributed by atoms with Gasteiger partial charge in [0.05, 0.1) is 0 Å². The van der Waals surface area contributed by atoms with Gasteiger partial charge in [0.1, 0.15) is 18.0 Å². The number of benzene rings is 1. The number of hydrogen-bond acceptors (Lipinski definition) is 5. The van der Waals surface area contributed by atoms with Crippen LogP contribution < -0.4 is 16.0 Å². The predicted octanol–water partition coefficient (Wildman–Crippen LogP) is 3.25. The Morgan fingerprint density at radius 2 is 1.73 bits per heavy atom. The number of anilines is 4. The molecular weight excluding hydrogens is 278 g/mol. The first-order chi connectivity index (χ1) is 10.5. The molecule has 1 heterocycles. The van der Waals surface area contributed by atoms with Gasteiger partial charge in [0.25, 0.3) is 0 Å². The highest BCUT2D eigenvalue weighted by Gasteiger charge is 2.01. The Kier molecular flexibility index (Phi) is 5.30. The van der Waals surface area contributed by atoms with Crippen molar-refractivity contribution in [2.45, 2.75) is 20.8 Å². The lowest BCUT2D eigenvalue weighted by atomic mass is 10.2. The molecule has 2 aromatic rings. The number of hydrogen-bond donors (Lipinski definition) is 3. The van der Waals surface area contributed by atoms with E-state index in [-0.39, 0.29) is 5.91 Å². The maximum absolute atomic E-state index is 11.0. The van der Waals surface area contributed by atoms with Crippen molar-refractivity contribution in [2.75, 3.05) is 22.5 Å². The normalized spacial score (nSPS) is 10.4. The van der Waals surface area contributed by atoms with Crippen LogP contribution in [-0.4, -0.2) is 22.4 Å². The average molecular weight is 299 g/mol. The minimum absolute atomic E-state index is 0.0858. The van der Waals surface area contributed by atoms with E-state index in [2.05, 4.69) is 39.8 Å². The molecule has 1 aromatic carbocycles. The molecule has 2 rings (SSSR count). The molecule has 0 fully saturated rings. The van der Waals surface area contributed by atoms with Crippen LogP contribution >= 0.6 is 0 Å². The summed E-state index contributed by atoms with van der Waals surface area (Å²) in [6, 6.07) is 9.30. The van der Waals surface area contributed by atoms with Crippen LogP contribution in [0.3, 0.4) is 0 Å². The van der Waals surface area contributed by atoms with Gasteiger partial charge >= 0.3 is 0 Å². The Hall–Kier alpha value is -2.63. The van der Waals surface area contributed by atoms with Gasteiger partial charge in [-0.05, 0) is 30.2 Å². The summed E-state index contributed by atoms with van der Waals surface area (Å²) in [5, 5.41) is 9.20. The zero-order valence-corrected chi connectivity index (χ0v) is 13.1. The van der Waals surface area contributed by atoms with Crippen LogP contribution in [0.4, 0.5) is 23.0 Å². The number of nitrogens with one attached hydrogen (secondary N) is 3. The third-order valence-electron chi connectivity index (χ3n) is 2.84. The summed E-state index contributed by atoms with van der Waals surface area (Å²) in [7, 11) is 0. The summed E-state index contributed by atoms with van der Waals surface area (Å²) in [5.74, 6) is 1.97. The molecule has 6 nitrogen and oxygen atoms in total. The van der Waals surface area contributed by atoms with Crippen LogP contribution in [0.15, 0.2) is 36.7 Å². The molecule has 6 heteroatoms. The first-order valence-electron chi connectivity index (χ1n) is 7.23. The molecule has 0 saturated heterocycles. The second-order valence-corrected chi connectivity index (χ2v) is 5.45. The van der Waals surface area contributed by atoms with Gasteiger partial charge in [0.2, 0.25) is 5.91 Å². The van der Waals surface area contributed by atoms with Crippen molar-refractivity contribution in [1.29, 1.82) is 0 Å². The quantitative estimate of drug-likeness (QED) is 0.763.